The summed E-state index contributed by atoms with van der Waals surface area (Å²) in [5, 5.41) is 3.02. The van der Waals surface area contributed by atoms with E-state index in [1.807, 2.05) is 30.9 Å². The first-order valence-electron chi connectivity index (χ1n) is 10.6. The Kier molecular flexibility index (Phi) is 7.02. The molecule has 0 aliphatic carbocycles. The smallest absolute Gasteiger partial charge is 0.228 e. The van der Waals surface area contributed by atoms with Crippen molar-refractivity contribution in [1.82, 2.24) is 15.2 Å². The maximum absolute atomic E-state index is 13.1. The second kappa shape index (κ2) is 9.68. The molecule has 0 radical (unpaired) electrons. The fraction of sp³-hybridized carbons (Fsp3) is 0.458. The number of aromatic nitrogens is 1. The van der Waals surface area contributed by atoms with Crippen LogP contribution in [0, 0.1) is 5.41 Å². The summed E-state index contributed by atoms with van der Waals surface area (Å²) in [4.78, 5) is 31.6. The SMILES string of the molecule is CCCC(=O)N1CCC[C@](Cc2ccc(-c3ccncc3)cc2)(C(=O)NCC)C1. The number of carbonyl (C=O) groups excluding carboxylic acids is 2. The topological polar surface area (TPSA) is 62.3 Å². The second-order valence-electron chi connectivity index (χ2n) is 7.92. The highest BCUT2D eigenvalue weighted by Crippen LogP contribution is 2.35. The molecule has 0 saturated carbocycles. The van der Waals surface area contributed by atoms with Crippen LogP contribution in [-0.4, -0.2) is 41.3 Å². The van der Waals surface area contributed by atoms with Gasteiger partial charge in [0.25, 0.3) is 0 Å². The molecule has 29 heavy (non-hydrogen) atoms. The average Bonchev–Trinajstić information content (AvgIpc) is 2.75. The monoisotopic (exact) mass is 393 g/mol. The predicted molar refractivity (Wildman–Crippen MR) is 115 cm³/mol. The number of carbonyl (C=O) groups is 2. The van der Waals surface area contributed by atoms with E-state index < -0.39 is 5.41 Å². The van der Waals surface area contributed by atoms with Crippen LogP contribution in [0.15, 0.2) is 48.8 Å². The van der Waals surface area contributed by atoms with Gasteiger partial charge in [-0.2, -0.15) is 0 Å². The van der Waals surface area contributed by atoms with Crippen LogP contribution >= 0.6 is 0 Å². The summed E-state index contributed by atoms with van der Waals surface area (Å²) in [7, 11) is 0. The van der Waals surface area contributed by atoms with Gasteiger partial charge in [-0.05, 0) is 61.4 Å². The van der Waals surface area contributed by atoms with Crippen molar-refractivity contribution in [3.8, 4) is 11.1 Å². The van der Waals surface area contributed by atoms with Crippen LogP contribution in [0.25, 0.3) is 11.1 Å². The zero-order valence-electron chi connectivity index (χ0n) is 17.5. The summed E-state index contributed by atoms with van der Waals surface area (Å²) >= 11 is 0. The van der Waals surface area contributed by atoms with E-state index in [1.54, 1.807) is 12.4 Å². The Labute approximate surface area is 173 Å². The van der Waals surface area contributed by atoms with Gasteiger partial charge < -0.3 is 10.2 Å². The van der Waals surface area contributed by atoms with Crippen molar-refractivity contribution in [1.29, 1.82) is 0 Å². The fourth-order valence-corrected chi connectivity index (χ4v) is 4.22. The minimum Gasteiger partial charge on any atom is -0.356 e. The number of likely N-dealkylation sites (tertiary alicyclic amines) is 1. The third-order valence-electron chi connectivity index (χ3n) is 5.72. The van der Waals surface area contributed by atoms with Crippen molar-refractivity contribution in [2.75, 3.05) is 19.6 Å². The van der Waals surface area contributed by atoms with E-state index in [4.69, 9.17) is 0 Å². The average molecular weight is 394 g/mol. The number of benzene rings is 1. The van der Waals surface area contributed by atoms with E-state index in [2.05, 4.69) is 34.6 Å². The second-order valence-corrected chi connectivity index (χ2v) is 7.92. The molecular weight excluding hydrogens is 362 g/mol. The van der Waals surface area contributed by atoms with Crippen LogP contribution < -0.4 is 5.32 Å². The largest absolute Gasteiger partial charge is 0.356 e. The van der Waals surface area contributed by atoms with E-state index >= 15 is 0 Å². The van der Waals surface area contributed by atoms with Gasteiger partial charge in [-0.25, -0.2) is 0 Å². The summed E-state index contributed by atoms with van der Waals surface area (Å²) < 4.78 is 0. The molecule has 1 fully saturated rings. The first kappa shape index (κ1) is 21.0. The highest BCUT2D eigenvalue weighted by Gasteiger charge is 2.43. The Hall–Kier alpha value is -2.69. The molecule has 1 saturated heterocycles. The molecule has 3 rings (SSSR count). The first-order valence-corrected chi connectivity index (χ1v) is 10.6. The third-order valence-corrected chi connectivity index (χ3v) is 5.72. The predicted octanol–water partition coefficient (Wildman–Crippen LogP) is 3.84. The Balaban J connectivity index is 1.82. The molecule has 1 aromatic carbocycles. The van der Waals surface area contributed by atoms with E-state index in [0.29, 0.717) is 25.9 Å². The van der Waals surface area contributed by atoms with Gasteiger partial charge >= 0.3 is 0 Å². The van der Waals surface area contributed by atoms with Gasteiger partial charge in [-0.3, -0.25) is 14.6 Å². The molecule has 1 atom stereocenters. The Bertz CT molecular complexity index is 820. The van der Waals surface area contributed by atoms with Crippen LogP contribution in [0.1, 0.15) is 45.1 Å². The lowest BCUT2D eigenvalue weighted by atomic mass is 9.74. The van der Waals surface area contributed by atoms with Gasteiger partial charge in [-0.1, -0.05) is 31.2 Å². The molecule has 1 aromatic heterocycles. The lowest BCUT2D eigenvalue weighted by Crippen LogP contribution is -2.54. The molecule has 5 nitrogen and oxygen atoms in total. The number of piperidine rings is 1. The van der Waals surface area contributed by atoms with Gasteiger partial charge in [0.2, 0.25) is 11.8 Å². The number of amides is 2. The lowest BCUT2D eigenvalue weighted by Gasteiger charge is -2.42. The zero-order valence-corrected chi connectivity index (χ0v) is 17.5. The fourth-order valence-electron chi connectivity index (χ4n) is 4.22. The van der Waals surface area contributed by atoms with Crippen molar-refractivity contribution in [3.05, 3.63) is 54.4 Å². The molecule has 154 valence electrons. The van der Waals surface area contributed by atoms with E-state index in [1.165, 1.54) is 0 Å². The highest BCUT2D eigenvalue weighted by molar-refractivity contribution is 5.85. The summed E-state index contributed by atoms with van der Waals surface area (Å²) in [5.41, 5.74) is 2.82. The summed E-state index contributed by atoms with van der Waals surface area (Å²) in [5.74, 6) is 0.223. The van der Waals surface area contributed by atoms with E-state index in [9.17, 15) is 9.59 Å². The van der Waals surface area contributed by atoms with Crippen LogP contribution in [0.5, 0.6) is 0 Å². The summed E-state index contributed by atoms with van der Waals surface area (Å²) in [6, 6.07) is 12.4. The van der Waals surface area contributed by atoms with Gasteiger partial charge in [0.05, 0.1) is 5.41 Å². The molecule has 1 N–H and O–H groups in total. The molecular formula is C24H31N3O2. The Morgan fingerprint density at radius 2 is 1.76 bits per heavy atom. The van der Waals surface area contributed by atoms with Crippen molar-refractivity contribution in [2.24, 2.45) is 5.41 Å². The van der Waals surface area contributed by atoms with Crippen molar-refractivity contribution >= 4 is 11.8 Å². The van der Waals surface area contributed by atoms with Crippen LogP contribution in [0.3, 0.4) is 0 Å². The lowest BCUT2D eigenvalue weighted by molar-refractivity contribution is -0.141. The van der Waals surface area contributed by atoms with Gasteiger partial charge in [0.15, 0.2) is 0 Å². The molecule has 0 spiro atoms. The molecule has 2 aromatic rings. The number of hydrogen-bond acceptors (Lipinski definition) is 3. The molecule has 1 aliphatic rings. The van der Waals surface area contributed by atoms with Gasteiger partial charge in [0, 0.05) is 38.4 Å². The molecule has 2 amide bonds. The number of pyridine rings is 1. The quantitative estimate of drug-likeness (QED) is 0.777. The van der Waals surface area contributed by atoms with Gasteiger partial charge in [0.1, 0.15) is 0 Å². The van der Waals surface area contributed by atoms with E-state index in [-0.39, 0.29) is 11.8 Å². The summed E-state index contributed by atoms with van der Waals surface area (Å²) in [6.45, 7) is 5.82. The third kappa shape index (κ3) is 5.03. The highest BCUT2D eigenvalue weighted by atomic mass is 16.2. The first-order chi connectivity index (χ1) is 14.1. The zero-order chi connectivity index (χ0) is 20.7. The van der Waals surface area contributed by atoms with E-state index in [0.717, 1.165) is 42.5 Å². The Morgan fingerprint density at radius 1 is 1.07 bits per heavy atom. The number of rotatable bonds is 7. The number of hydrogen-bond donors (Lipinski definition) is 1. The molecule has 1 aliphatic heterocycles. The van der Waals surface area contributed by atoms with Crippen LogP contribution in [0.4, 0.5) is 0 Å². The molecule has 5 heteroatoms. The molecule has 0 bridgehead atoms. The molecule has 0 unspecified atom stereocenters. The summed E-state index contributed by atoms with van der Waals surface area (Å²) in [6.07, 6.45) is 7.27. The van der Waals surface area contributed by atoms with Crippen molar-refractivity contribution in [3.63, 3.8) is 0 Å². The maximum Gasteiger partial charge on any atom is 0.228 e. The van der Waals surface area contributed by atoms with Crippen LogP contribution in [-0.2, 0) is 16.0 Å². The number of nitrogens with one attached hydrogen (secondary N) is 1. The minimum absolute atomic E-state index is 0.0622. The molecule has 2 heterocycles. The van der Waals surface area contributed by atoms with Gasteiger partial charge in [-0.15, -0.1) is 0 Å². The number of nitrogens with zero attached hydrogens (tertiary/aromatic N) is 2. The van der Waals surface area contributed by atoms with Crippen LogP contribution in [0.2, 0.25) is 0 Å². The van der Waals surface area contributed by atoms with Crippen molar-refractivity contribution < 1.29 is 9.59 Å². The van der Waals surface area contributed by atoms with Crippen molar-refractivity contribution in [2.45, 2.75) is 46.0 Å². The minimum atomic E-state index is -0.560. The Morgan fingerprint density at radius 3 is 2.41 bits per heavy atom. The maximum atomic E-state index is 13.1. The normalized spacial score (nSPS) is 19.0. The standard InChI is InChI=1S/C24H31N3O2/c1-3-6-22(28)27-16-5-13-24(18-27,23(29)26-4-2)17-19-7-9-20(10-8-19)21-11-14-25-15-12-21/h7-12,14-15H,3-6,13,16-18H2,1-2H3,(H,26,29)/t24-/m1/s1.